The molecule has 1 aromatic rings. The highest BCUT2D eigenvalue weighted by Gasteiger charge is 2.33. The molecule has 8 heteroatoms. The Labute approximate surface area is 102 Å². The Bertz CT molecular complexity index is 480. The number of aliphatic hydroxyl groups is 1. The molecule has 1 atom stereocenters. The Morgan fingerprint density at radius 3 is 2.75 bits per heavy atom. The van der Waals surface area contributed by atoms with Gasteiger partial charge in [0.05, 0.1) is 11.8 Å². The van der Waals surface area contributed by atoms with Crippen molar-refractivity contribution >= 4 is 38.6 Å². The van der Waals surface area contributed by atoms with Crippen LogP contribution in [0.5, 0.6) is 0 Å². The van der Waals surface area contributed by atoms with E-state index in [0.29, 0.717) is 13.0 Å². The van der Waals surface area contributed by atoms with Gasteiger partial charge in [0, 0.05) is 13.1 Å². The Morgan fingerprint density at radius 1 is 1.62 bits per heavy atom. The average molecular weight is 283 g/mol. The molecule has 0 aliphatic carbocycles. The van der Waals surface area contributed by atoms with E-state index in [9.17, 15) is 13.5 Å². The van der Waals surface area contributed by atoms with Gasteiger partial charge in [-0.25, -0.2) is 8.42 Å². The zero-order chi connectivity index (χ0) is 11.9. The van der Waals surface area contributed by atoms with E-state index in [-0.39, 0.29) is 20.8 Å². The maximum atomic E-state index is 12.1. The topological polar surface area (TPSA) is 83.6 Å². The lowest BCUT2D eigenvalue weighted by Gasteiger charge is -2.13. The second-order valence-electron chi connectivity index (χ2n) is 3.60. The molecule has 1 aliphatic heterocycles. The maximum absolute atomic E-state index is 12.1. The molecule has 0 radical (unpaired) electrons. The van der Waals surface area contributed by atoms with E-state index < -0.39 is 16.1 Å². The normalized spacial score (nSPS) is 22.8. The van der Waals surface area contributed by atoms with Crippen LogP contribution < -0.4 is 5.73 Å². The summed E-state index contributed by atoms with van der Waals surface area (Å²) in [6, 6.07) is 1.35. The number of nitrogens with zero attached hydrogens (tertiary/aromatic N) is 1. The molecular weight excluding hydrogens is 272 g/mol. The smallest absolute Gasteiger partial charge is 0.252 e. The number of β-amino-alcohol motifs (C(OH)–C–C–N with tert-alkyl or cyclic N) is 1. The van der Waals surface area contributed by atoms with Gasteiger partial charge in [-0.05, 0) is 12.5 Å². The number of nitrogen functional groups attached to an aromatic ring is 1. The predicted molar refractivity (Wildman–Crippen MR) is 63.1 cm³/mol. The second kappa shape index (κ2) is 4.15. The third-order valence-corrected chi connectivity index (χ3v) is 6.11. The minimum atomic E-state index is -3.55. The minimum Gasteiger partial charge on any atom is -0.397 e. The average Bonchev–Trinajstić information content (AvgIpc) is 2.75. The van der Waals surface area contributed by atoms with Crippen molar-refractivity contribution in [2.75, 3.05) is 18.8 Å². The third kappa shape index (κ3) is 2.05. The fourth-order valence-electron chi connectivity index (χ4n) is 1.54. The van der Waals surface area contributed by atoms with Crippen LogP contribution in [0.1, 0.15) is 6.42 Å². The second-order valence-corrected chi connectivity index (χ2v) is 7.42. The number of nitrogens with two attached hydrogens (primary N) is 1. The Kier molecular flexibility index (Phi) is 3.15. The molecule has 2 heterocycles. The van der Waals surface area contributed by atoms with Crippen LogP contribution in [-0.2, 0) is 10.0 Å². The van der Waals surface area contributed by atoms with Crippen molar-refractivity contribution < 1.29 is 13.5 Å². The predicted octanol–water partition coefficient (Wildman–Crippen LogP) is 0.739. The van der Waals surface area contributed by atoms with Gasteiger partial charge in [-0.3, -0.25) is 0 Å². The van der Waals surface area contributed by atoms with E-state index in [1.807, 2.05) is 0 Å². The van der Waals surface area contributed by atoms with Crippen LogP contribution in [0.3, 0.4) is 0 Å². The van der Waals surface area contributed by atoms with Gasteiger partial charge < -0.3 is 10.8 Å². The van der Waals surface area contributed by atoms with E-state index in [2.05, 4.69) is 0 Å². The van der Waals surface area contributed by atoms with E-state index in [1.54, 1.807) is 0 Å². The van der Waals surface area contributed by atoms with Gasteiger partial charge in [0.1, 0.15) is 8.55 Å². The molecule has 3 N–H and O–H groups in total. The van der Waals surface area contributed by atoms with Crippen molar-refractivity contribution in [1.29, 1.82) is 0 Å². The first-order chi connectivity index (χ1) is 7.41. The summed E-state index contributed by atoms with van der Waals surface area (Å²) >= 11 is 6.67. The van der Waals surface area contributed by atoms with E-state index in [0.717, 1.165) is 11.3 Å². The van der Waals surface area contributed by atoms with E-state index >= 15 is 0 Å². The number of halogens is 1. The summed E-state index contributed by atoms with van der Waals surface area (Å²) in [5.74, 6) is 0. The van der Waals surface area contributed by atoms with E-state index in [4.69, 9.17) is 17.3 Å². The van der Waals surface area contributed by atoms with Crippen LogP contribution in [0.25, 0.3) is 0 Å². The van der Waals surface area contributed by atoms with E-state index in [1.165, 1.54) is 10.4 Å². The van der Waals surface area contributed by atoms with Crippen molar-refractivity contribution in [3.63, 3.8) is 0 Å². The number of hydrogen-bond donors (Lipinski definition) is 2. The van der Waals surface area contributed by atoms with Crippen LogP contribution in [0.4, 0.5) is 5.69 Å². The molecule has 0 spiro atoms. The number of rotatable bonds is 2. The molecule has 1 aliphatic rings. The molecule has 1 saturated heterocycles. The SMILES string of the molecule is Nc1cc(S(=O)(=O)N2CCC(O)C2)sc1Cl. The van der Waals surface area contributed by atoms with Gasteiger partial charge in [-0.15, -0.1) is 11.3 Å². The van der Waals surface area contributed by atoms with Crippen molar-refractivity contribution in [3.05, 3.63) is 10.4 Å². The highest BCUT2D eigenvalue weighted by atomic mass is 35.5. The lowest BCUT2D eigenvalue weighted by molar-refractivity contribution is 0.189. The number of aliphatic hydroxyl groups excluding tert-OH is 1. The summed E-state index contributed by atoms with van der Waals surface area (Å²) in [4.78, 5) is 0. The van der Waals surface area contributed by atoms with Crippen molar-refractivity contribution in [2.24, 2.45) is 0 Å². The highest BCUT2D eigenvalue weighted by Crippen LogP contribution is 2.35. The van der Waals surface area contributed by atoms with Gasteiger partial charge in [0.25, 0.3) is 10.0 Å². The summed E-state index contributed by atoms with van der Waals surface area (Å²) in [5.41, 5.74) is 5.78. The fourth-order valence-corrected chi connectivity index (χ4v) is 4.76. The van der Waals surface area contributed by atoms with Crippen LogP contribution in [0.2, 0.25) is 4.34 Å². The number of anilines is 1. The summed E-state index contributed by atoms with van der Waals surface area (Å²) in [5, 5.41) is 9.32. The molecular formula is C8H11ClN2O3S2. The van der Waals surface area contributed by atoms with Crippen molar-refractivity contribution in [1.82, 2.24) is 4.31 Å². The number of sulfonamides is 1. The van der Waals surface area contributed by atoms with Crippen LogP contribution in [0.15, 0.2) is 10.3 Å². The zero-order valence-electron chi connectivity index (χ0n) is 8.26. The standard InChI is InChI=1S/C8H11ClN2O3S2/c9-8-6(10)3-7(15-8)16(13,14)11-2-1-5(12)4-11/h3,5,12H,1-2,4,10H2. The molecule has 16 heavy (non-hydrogen) atoms. The van der Waals surface area contributed by atoms with Crippen LogP contribution in [-0.4, -0.2) is 37.0 Å². The molecule has 90 valence electrons. The maximum Gasteiger partial charge on any atom is 0.252 e. The zero-order valence-corrected chi connectivity index (χ0v) is 10.6. The molecule has 1 aromatic heterocycles. The Hall–Kier alpha value is -0.340. The van der Waals surface area contributed by atoms with Gasteiger partial charge >= 0.3 is 0 Å². The summed E-state index contributed by atoms with van der Waals surface area (Å²) < 4.78 is 25.8. The van der Waals surface area contributed by atoms with Crippen LogP contribution in [0, 0.1) is 0 Å². The number of thiophene rings is 1. The van der Waals surface area contributed by atoms with Crippen LogP contribution >= 0.6 is 22.9 Å². The molecule has 0 saturated carbocycles. The first-order valence-corrected chi connectivity index (χ1v) is 7.27. The summed E-state index contributed by atoms with van der Waals surface area (Å²) in [6.45, 7) is 0.469. The van der Waals surface area contributed by atoms with Crippen molar-refractivity contribution in [2.45, 2.75) is 16.7 Å². The molecule has 1 unspecified atom stereocenters. The number of hydrogen-bond acceptors (Lipinski definition) is 5. The molecule has 2 rings (SSSR count). The van der Waals surface area contributed by atoms with Gasteiger partial charge in [-0.2, -0.15) is 4.31 Å². The summed E-state index contributed by atoms with van der Waals surface area (Å²) in [7, 11) is -3.55. The molecule has 5 nitrogen and oxygen atoms in total. The van der Waals surface area contributed by atoms with Gasteiger partial charge in [0.15, 0.2) is 0 Å². The Balaban J connectivity index is 2.32. The van der Waals surface area contributed by atoms with Crippen molar-refractivity contribution in [3.8, 4) is 0 Å². The first kappa shape index (κ1) is 12.1. The van der Waals surface area contributed by atoms with Gasteiger partial charge in [-0.1, -0.05) is 11.6 Å². The van der Waals surface area contributed by atoms with Gasteiger partial charge in [0.2, 0.25) is 0 Å². The fraction of sp³-hybridized carbons (Fsp3) is 0.500. The molecule has 0 bridgehead atoms. The molecule has 0 aromatic carbocycles. The largest absolute Gasteiger partial charge is 0.397 e. The third-order valence-electron chi connectivity index (χ3n) is 2.41. The quantitative estimate of drug-likeness (QED) is 0.838. The lowest BCUT2D eigenvalue weighted by atomic mass is 10.3. The highest BCUT2D eigenvalue weighted by molar-refractivity contribution is 7.91. The molecule has 1 fully saturated rings. The first-order valence-electron chi connectivity index (χ1n) is 4.64. The molecule has 0 amide bonds. The minimum absolute atomic E-state index is 0.129. The Morgan fingerprint density at radius 2 is 2.31 bits per heavy atom. The monoisotopic (exact) mass is 282 g/mol. The summed E-state index contributed by atoms with van der Waals surface area (Å²) in [6.07, 6.45) is -0.115. The lowest BCUT2D eigenvalue weighted by Crippen LogP contribution is -2.29.